The highest BCUT2D eigenvalue weighted by molar-refractivity contribution is 5.93. The Kier molecular flexibility index (Phi) is 5.00. The standard InChI is InChI=1S/C27H31N5O3/c1-4-27(28,15-5-6-15)20-14-30-24(34-16-7-8-16)19-13-29-23(11-18(19)20)32-22-10-9-17-21(31-22)12-26(2,3)35-25(17)33/h9-11,13-16H,4-8,12,28H2,1-3H3,(H,29,31,32)/t27-/m1/s1. The Morgan fingerprint density at radius 2 is 1.94 bits per heavy atom. The Balaban J connectivity index is 1.39. The summed E-state index contributed by atoms with van der Waals surface area (Å²) in [4.78, 5) is 26.4. The lowest BCUT2D eigenvalue weighted by Crippen LogP contribution is -2.38. The molecule has 0 amide bonds. The molecule has 2 saturated carbocycles. The molecule has 0 radical (unpaired) electrons. The number of fused-ring (bicyclic) bond motifs is 2. The van der Waals surface area contributed by atoms with Crippen LogP contribution in [0.1, 0.15) is 74.5 Å². The Hall–Kier alpha value is -3.26. The molecule has 4 heterocycles. The molecule has 1 atom stereocenters. The summed E-state index contributed by atoms with van der Waals surface area (Å²) in [6, 6.07) is 5.56. The molecule has 0 unspecified atom stereocenters. The molecule has 3 aromatic heterocycles. The molecule has 0 bridgehead atoms. The van der Waals surface area contributed by atoms with E-state index in [0.29, 0.717) is 35.4 Å². The molecule has 2 fully saturated rings. The van der Waals surface area contributed by atoms with E-state index in [1.54, 1.807) is 12.1 Å². The average molecular weight is 474 g/mol. The van der Waals surface area contributed by atoms with Crippen molar-refractivity contribution in [2.24, 2.45) is 11.7 Å². The van der Waals surface area contributed by atoms with Gasteiger partial charge in [-0.3, -0.25) is 0 Å². The molecule has 8 nitrogen and oxygen atoms in total. The lowest BCUT2D eigenvalue weighted by molar-refractivity contribution is -0.00714. The Morgan fingerprint density at radius 3 is 2.66 bits per heavy atom. The number of hydrogen-bond donors (Lipinski definition) is 2. The van der Waals surface area contributed by atoms with Crippen LogP contribution in [0.5, 0.6) is 5.88 Å². The van der Waals surface area contributed by atoms with Gasteiger partial charge in [-0.25, -0.2) is 19.7 Å². The number of aromatic nitrogens is 3. The average Bonchev–Trinajstić information content (AvgIpc) is 3.72. The summed E-state index contributed by atoms with van der Waals surface area (Å²) in [5.74, 6) is 2.03. The second-order valence-corrected chi connectivity index (χ2v) is 10.7. The zero-order chi connectivity index (χ0) is 24.4. The molecule has 8 heteroatoms. The van der Waals surface area contributed by atoms with Gasteiger partial charge in [-0.2, -0.15) is 0 Å². The predicted molar refractivity (Wildman–Crippen MR) is 133 cm³/mol. The number of hydrogen-bond acceptors (Lipinski definition) is 8. The van der Waals surface area contributed by atoms with Crippen LogP contribution in [0.15, 0.2) is 30.6 Å². The number of esters is 1. The highest BCUT2D eigenvalue weighted by Crippen LogP contribution is 2.48. The lowest BCUT2D eigenvalue weighted by Gasteiger charge is -2.30. The lowest BCUT2D eigenvalue weighted by atomic mass is 9.82. The molecule has 182 valence electrons. The maximum Gasteiger partial charge on any atom is 0.340 e. The minimum atomic E-state index is -0.579. The van der Waals surface area contributed by atoms with E-state index in [4.69, 9.17) is 20.2 Å². The fourth-order valence-corrected chi connectivity index (χ4v) is 5.05. The number of pyridine rings is 3. The maximum atomic E-state index is 12.3. The minimum absolute atomic E-state index is 0.238. The molecule has 0 saturated heterocycles. The van der Waals surface area contributed by atoms with Gasteiger partial charge < -0.3 is 20.5 Å². The van der Waals surface area contributed by atoms with Crippen molar-refractivity contribution in [3.05, 3.63) is 47.4 Å². The molecule has 0 aromatic carbocycles. The second-order valence-electron chi connectivity index (χ2n) is 10.7. The smallest absolute Gasteiger partial charge is 0.340 e. The van der Waals surface area contributed by atoms with E-state index >= 15 is 0 Å². The third kappa shape index (κ3) is 4.10. The van der Waals surface area contributed by atoms with Gasteiger partial charge in [0.1, 0.15) is 23.3 Å². The second kappa shape index (κ2) is 7.88. The van der Waals surface area contributed by atoms with Crippen molar-refractivity contribution in [3.63, 3.8) is 0 Å². The quantitative estimate of drug-likeness (QED) is 0.472. The first kappa shape index (κ1) is 22.2. The van der Waals surface area contributed by atoms with Crippen molar-refractivity contribution in [3.8, 4) is 5.88 Å². The first-order valence-corrected chi connectivity index (χ1v) is 12.5. The SMILES string of the molecule is CC[C@](N)(c1cnc(OC2CC2)c2cnc(Nc3ccc4c(n3)CC(C)(C)OC4=O)cc12)C1CC1. The van der Waals surface area contributed by atoms with Crippen LogP contribution in [-0.4, -0.2) is 32.6 Å². The van der Waals surface area contributed by atoms with Crippen molar-refractivity contribution >= 4 is 28.4 Å². The van der Waals surface area contributed by atoms with Crippen LogP contribution in [0.25, 0.3) is 10.8 Å². The van der Waals surface area contributed by atoms with E-state index < -0.39 is 11.1 Å². The van der Waals surface area contributed by atoms with Crippen molar-refractivity contribution in [2.75, 3.05) is 5.32 Å². The number of cyclic esters (lactones) is 1. The van der Waals surface area contributed by atoms with E-state index in [1.165, 1.54) is 0 Å². The van der Waals surface area contributed by atoms with Crippen LogP contribution in [-0.2, 0) is 16.7 Å². The number of carbonyl (C=O) groups excluding carboxylic acids is 1. The van der Waals surface area contributed by atoms with E-state index in [-0.39, 0.29) is 12.1 Å². The Morgan fingerprint density at radius 1 is 1.14 bits per heavy atom. The predicted octanol–water partition coefficient (Wildman–Crippen LogP) is 4.78. The van der Waals surface area contributed by atoms with Crippen LogP contribution < -0.4 is 15.8 Å². The van der Waals surface area contributed by atoms with Crippen molar-refractivity contribution < 1.29 is 14.3 Å². The number of carbonyl (C=O) groups is 1. The third-order valence-corrected chi connectivity index (χ3v) is 7.34. The monoisotopic (exact) mass is 473 g/mol. The molecular formula is C27H31N5O3. The van der Waals surface area contributed by atoms with Crippen molar-refractivity contribution in [1.29, 1.82) is 0 Å². The highest BCUT2D eigenvalue weighted by Gasteiger charge is 2.43. The number of nitrogens with two attached hydrogens (primary N) is 1. The minimum Gasteiger partial charge on any atom is -0.474 e. The molecule has 3 N–H and O–H groups in total. The van der Waals surface area contributed by atoms with Gasteiger partial charge in [0.05, 0.1) is 16.6 Å². The van der Waals surface area contributed by atoms with Crippen LogP contribution >= 0.6 is 0 Å². The summed E-state index contributed by atoms with van der Waals surface area (Å²) in [6.45, 7) is 5.93. The zero-order valence-corrected chi connectivity index (χ0v) is 20.4. The fraction of sp³-hybridized carbons (Fsp3) is 0.481. The molecule has 0 spiro atoms. The summed E-state index contributed by atoms with van der Waals surface area (Å²) < 4.78 is 11.6. The summed E-state index contributed by atoms with van der Waals surface area (Å²) in [5.41, 5.74) is 8.25. The topological polar surface area (TPSA) is 112 Å². The van der Waals surface area contributed by atoms with Gasteiger partial charge in [0.2, 0.25) is 5.88 Å². The molecule has 3 aliphatic rings. The van der Waals surface area contributed by atoms with Crippen LogP contribution in [0.4, 0.5) is 11.6 Å². The van der Waals surface area contributed by atoms with Crippen LogP contribution in [0.2, 0.25) is 0 Å². The first-order chi connectivity index (χ1) is 16.8. The fourth-order valence-electron chi connectivity index (χ4n) is 5.05. The normalized spacial score (nSPS) is 20.6. The number of nitrogens with zero attached hydrogens (tertiary/aromatic N) is 3. The number of rotatable bonds is 7. The van der Waals surface area contributed by atoms with Gasteiger partial charge in [-0.15, -0.1) is 0 Å². The summed E-state index contributed by atoms with van der Waals surface area (Å²) in [6.07, 6.45) is 9.74. The van der Waals surface area contributed by atoms with Crippen LogP contribution in [0.3, 0.4) is 0 Å². The van der Waals surface area contributed by atoms with Gasteiger partial charge in [0.15, 0.2) is 0 Å². The summed E-state index contributed by atoms with van der Waals surface area (Å²) >= 11 is 0. The first-order valence-electron chi connectivity index (χ1n) is 12.5. The van der Waals surface area contributed by atoms with Gasteiger partial charge in [0.25, 0.3) is 0 Å². The molecule has 6 rings (SSSR count). The van der Waals surface area contributed by atoms with Gasteiger partial charge in [-0.05, 0) is 81.0 Å². The van der Waals surface area contributed by atoms with E-state index in [0.717, 1.165) is 54.1 Å². The van der Waals surface area contributed by atoms with Gasteiger partial charge >= 0.3 is 5.97 Å². The molecule has 35 heavy (non-hydrogen) atoms. The summed E-state index contributed by atoms with van der Waals surface area (Å²) in [5, 5.41) is 5.21. The van der Waals surface area contributed by atoms with Crippen molar-refractivity contribution in [2.45, 2.75) is 76.5 Å². The number of ether oxygens (including phenoxy) is 2. The van der Waals surface area contributed by atoms with E-state index in [2.05, 4.69) is 22.2 Å². The largest absolute Gasteiger partial charge is 0.474 e. The molecule has 3 aromatic rings. The van der Waals surface area contributed by atoms with Gasteiger partial charge in [-0.1, -0.05) is 6.92 Å². The number of anilines is 2. The van der Waals surface area contributed by atoms with E-state index in [1.807, 2.05) is 32.3 Å². The van der Waals surface area contributed by atoms with Crippen LogP contribution in [0, 0.1) is 5.92 Å². The van der Waals surface area contributed by atoms with Gasteiger partial charge in [0, 0.05) is 24.4 Å². The van der Waals surface area contributed by atoms with Crippen molar-refractivity contribution in [1.82, 2.24) is 15.0 Å². The highest BCUT2D eigenvalue weighted by atomic mass is 16.6. The Labute approximate surface area is 204 Å². The molecule has 2 aliphatic carbocycles. The Bertz CT molecular complexity index is 1330. The van der Waals surface area contributed by atoms with E-state index in [9.17, 15) is 4.79 Å². The number of nitrogens with one attached hydrogen (secondary N) is 1. The maximum absolute atomic E-state index is 12.3. The summed E-state index contributed by atoms with van der Waals surface area (Å²) in [7, 11) is 0. The third-order valence-electron chi connectivity index (χ3n) is 7.34. The molecule has 1 aliphatic heterocycles. The zero-order valence-electron chi connectivity index (χ0n) is 20.4. The molecular weight excluding hydrogens is 442 g/mol.